The Labute approximate surface area is 135 Å². The lowest BCUT2D eigenvalue weighted by Gasteiger charge is -2.20. The van der Waals surface area contributed by atoms with Gasteiger partial charge in [-0.1, -0.05) is 18.6 Å². The molecule has 2 bridgehead atoms. The molecule has 0 aliphatic heterocycles. The molecule has 120 valence electrons. The maximum Gasteiger partial charge on any atom is 0.224 e. The number of benzene rings is 1. The van der Waals surface area contributed by atoms with Crippen molar-refractivity contribution in [2.24, 2.45) is 24.8 Å². The first-order valence-electron chi connectivity index (χ1n) is 8.31. The zero-order chi connectivity index (χ0) is 15.8. The molecule has 6 nitrogen and oxygen atoms in total. The second kappa shape index (κ2) is 5.76. The Morgan fingerprint density at radius 1 is 1.35 bits per heavy atom. The molecule has 6 heteroatoms. The van der Waals surface area contributed by atoms with Gasteiger partial charge in [0, 0.05) is 24.7 Å². The predicted octanol–water partition coefficient (Wildman–Crippen LogP) is 2.64. The lowest BCUT2D eigenvalue weighted by molar-refractivity contribution is -0.117. The second-order valence-corrected chi connectivity index (χ2v) is 6.89. The van der Waals surface area contributed by atoms with E-state index in [2.05, 4.69) is 20.8 Å². The highest BCUT2D eigenvalue weighted by Crippen LogP contribution is 2.49. The van der Waals surface area contributed by atoms with Crippen molar-refractivity contribution in [3.63, 3.8) is 0 Å². The van der Waals surface area contributed by atoms with Gasteiger partial charge in [-0.05, 0) is 59.6 Å². The Bertz CT molecular complexity index is 725. The number of aromatic nitrogens is 4. The molecule has 0 radical (unpaired) electrons. The number of carbonyl (C=O) groups is 1. The standard InChI is InChI=1S/C17H21N5O/c1-22-17(19-20-21-22)13-3-2-4-15(9-13)18-16(23)10-14-8-11-5-6-12(14)7-11/h2-4,9,11-12,14H,5-8,10H2,1H3,(H,18,23). The number of rotatable bonds is 4. The summed E-state index contributed by atoms with van der Waals surface area (Å²) in [4.78, 5) is 12.4. The van der Waals surface area contributed by atoms with Gasteiger partial charge in [-0.3, -0.25) is 4.79 Å². The number of tetrazole rings is 1. The van der Waals surface area contributed by atoms with Crippen LogP contribution in [0.5, 0.6) is 0 Å². The van der Waals surface area contributed by atoms with Crippen molar-refractivity contribution in [2.75, 3.05) is 5.32 Å². The maximum atomic E-state index is 12.4. The Morgan fingerprint density at radius 2 is 2.26 bits per heavy atom. The summed E-state index contributed by atoms with van der Waals surface area (Å²) in [5.41, 5.74) is 1.70. The molecule has 3 unspecified atom stereocenters. The Hall–Kier alpha value is -2.24. The van der Waals surface area contributed by atoms with Crippen LogP contribution in [0.2, 0.25) is 0 Å². The minimum absolute atomic E-state index is 0.121. The summed E-state index contributed by atoms with van der Waals surface area (Å²) in [5.74, 6) is 3.05. The van der Waals surface area contributed by atoms with Gasteiger partial charge in [0.25, 0.3) is 0 Å². The molecule has 1 N–H and O–H groups in total. The third-order valence-electron chi connectivity index (χ3n) is 5.36. The summed E-state index contributed by atoms with van der Waals surface area (Å²) >= 11 is 0. The van der Waals surface area contributed by atoms with E-state index >= 15 is 0 Å². The molecule has 2 aliphatic carbocycles. The van der Waals surface area contributed by atoms with Crippen molar-refractivity contribution in [3.8, 4) is 11.4 Å². The van der Waals surface area contributed by atoms with Crippen molar-refractivity contribution in [3.05, 3.63) is 24.3 Å². The maximum absolute atomic E-state index is 12.4. The van der Waals surface area contributed by atoms with E-state index in [0.717, 1.165) is 23.1 Å². The van der Waals surface area contributed by atoms with Crippen LogP contribution >= 0.6 is 0 Å². The van der Waals surface area contributed by atoms with Gasteiger partial charge in [0.2, 0.25) is 5.91 Å². The fourth-order valence-corrected chi connectivity index (χ4v) is 4.29. The summed E-state index contributed by atoms with van der Waals surface area (Å²) < 4.78 is 1.62. The number of nitrogens with one attached hydrogen (secondary N) is 1. The average Bonchev–Trinajstić information content (AvgIpc) is 3.24. The van der Waals surface area contributed by atoms with Crippen LogP contribution in [0.3, 0.4) is 0 Å². The highest BCUT2D eigenvalue weighted by atomic mass is 16.1. The quantitative estimate of drug-likeness (QED) is 0.942. The highest BCUT2D eigenvalue weighted by molar-refractivity contribution is 5.91. The van der Waals surface area contributed by atoms with Crippen LogP contribution in [0.15, 0.2) is 24.3 Å². The predicted molar refractivity (Wildman–Crippen MR) is 86.4 cm³/mol. The number of nitrogens with zero attached hydrogens (tertiary/aromatic N) is 4. The molecular weight excluding hydrogens is 290 g/mol. The van der Waals surface area contributed by atoms with Gasteiger partial charge in [0.1, 0.15) is 0 Å². The van der Waals surface area contributed by atoms with Crippen LogP contribution in [0.1, 0.15) is 32.1 Å². The van der Waals surface area contributed by atoms with Crippen LogP contribution in [-0.4, -0.2) is 26.1 Å². The molecule has 23 heavy (non-hydrogen) atoms. The first-order valence-corrected chi connectivity index (χ1v) is 8.31. The zero-order valence-electron chi connectivity index (χ0n) is 13.3. The van der Waals surface area contributed by atoms with Gasteiger partial charge in [0.05, 0.1) is 0 Å². The van der Waals surface area contributed by atoms with Crippen molar-refractivity contribution < 1.29 is 4.79 Å². The SMILES string of the molecule is Cn1nnnc1-c1cccc(NC(=O)CC2CC3CCC2C3)c1. The normalized spacial score (nSPS) is 25.7. The number of anilines is 1. The minimum atomic E-state index is 0.121. The van der Waals surface area contributed by atoms with E-state index in [4.69, 9.17) is 0 Å². The van der Waals surface area contributed by atoms with Gasteiger partial charge in [-0.15, -0.1) is 5.10 Å². The first-order chi connectivity index (χ1) is 11.2. The number of aryl methyl sites for hydroxylation is 1. The van der Waals surface area contributed by atoms with E-state index in [1.54, 1.807) is 11.7 Å². The first kappa shape index (κ1) is 14.4. The molecule has 0 spiro atoms. The smallest absolute Gasteiger partial charge is 0.224 e. The van der Waals surface area contributed by atoms with E-state index in [1.807, 2.05) is 24.3 Å². The largest absolute Gasteiger partial charge is 0.326 e. The zero-order valence-corrected chi connectivity index (χ0v) is 13.3. The fourth-order valence-electron chi connectivity index (χ4n) is 4.29. The summed E-state index contributed by atoms with van der Waals surface area (Å²) in [7, 11) is 1.80. The summed E-state index contributed by atoms with van der Waals surface area (Å²) in [5, 5.41) is 14.5. The van der Waals surface area contributed by atoms with Gasteiger partial charge in [-0.2, -0.15) is 0 Å². The van der Waals surface area contributed by atoms with Crippen molar-refractivity contribution in [1.29, 1.82) is 0 Å². The van der Waals surface area contributed by atoms with Crippen molar-refractivity contribution >= 4 is 11.6 Å². The fraction of sp³-hybridized carbons (Fsp3) is 0.529. The third-order valence-corrected chi connectivity index (χ3v) is 5.36. The molecule has 1 amide bonds. The highest BCUT2D eigenvalue weighted by Gasteiger charge is 2.40. The van der Waals surface area contributed by atoms with Crippen LogP contribution in [0, 0.1) is 17.8 Å². The number of fused-ring (bicyclic) bond motifs is 2. The molecule has 1 aromatic heterocycles. The van der Waals surface area contributed by atoms with Crippen LogP contribution in [-0.2, 0) is 11.8 Å². The van der Waals surface area contributed by atoms with E-state index < -0.39 is 0 Å². The number of carbonyl (C=O) groups excluding carboxylic acids is 1. The van der Waals surface area contributed by atoms with Gasteiger partial charge >= 0.3 is 0 Å². The van der Waals surface area contributed by atoms with Crippen LogP contribution in [0.25, 0.3) is 11.4 Å². The molecule has 2 fully saturated rings. The number of hydrogen-bond donors (Lipinski definition) is 1. The monoisotopic (exact) mass is 311 g/mol. The van der Waals surface area contributed by atoms with E-state index in [1.165, 1.54) is 25.7 Å². The minimum Gasteiger partial charge on any atom is -0.326 e. The Kier molecular flexibility index (Phi) is 3.59. The molecule has 4 rings (SSSR count). The number of amides is 1. The Morgan fingerprint density at radius 3 is 2.96 bits per heavy atom. The average molecular weight is 311 g/mol. The summed E-state index contributed by atoms with van der Waals surface area (Å²) in [6, 6.07) is 7.69. The molecule has 2 saturated carbocycles. The van der Waals surface area contributed by atoms with Crippen molar-refractivity contribution in [1.82, 2.24) is 20.2 Å². The van der Waals surface area contributed by atoms with Crippen molar-refractivity contribution in [2.45, 2.75) is 32.1 Å². The van der Waals surface area contributed by atoms with Gasteiger partial charge in [0.15, 0.2) is 5.82 Å². The molecule has 2 aromatic rings. The summed E-state index contributed by atoms with van der Waals surface area (Å²) in [6.07, 6.45) is 5.92. The molecule has 0 saturated heterocycles. The Balaban J connectivity index is 1.42. The molecule has 1 aromatic carbocycles. The molecular formula is C17H21N5O. The molecule has 1 heterocycles. The van der Waals surface area contributed by atoms with Gasteiger partial charge in [-0.25, -0.2) is 4.68 Å². The van der Waals surface area contributed by atoms with Crippen LogP contribution in [0.4, 0.5) is 5.69 Å². The topological polar surface area (TPSA) is 72.7 Å². The number of hydrogen-bond acceptors (Lipinski definition) is 4. The lowest BCUT2D eigenvalue weighted by atomic mass is 9.86. The molecule has 2 aliphatic rings. The van der Waals surface area contributed by atoms with E-state index in [0.29, 0.717) is 18.2 Å². The summed E-state index contributed by atoms with van der Waals surface area (Å²) in [6.45, 7) is 0. The lowest BCUT2D eigenvalue weighted by Crippen LogP contribution is -2.20. The van der Waals surface area contributed by atoms with Gasteiger partial charge < -0.3 is 5.32 Å². The van der Waals surface area contributed by atoms with Crippen LogP contribution < -0.4 is 5.32 Å². The van der Waals surface area contributed by atoms with E-state index in [9.17, 15) is 4.79 Å². The molecule has 3 atom stereocenters. The second-order valence-electron chi connectivity index (χ2n) is 6.89. The van der Waals surface area contributed by atoms with E-state index in [-0.39, 0.29) is 5.91 Å². The third kappa shape index (κ3) is 2.85.